The van der Waals surface area contributed by atoms with Crippen molar-refractivity contribution >= 4 is 5.78 Å². The van der Waals surface area contributed by atoms with Crippen LogP contribution in [0.3, 0.4) is 0 Å². The van der Waals surface area contributed by atoms with Crippen LogP contribution in [0.15, 0.2) is 24.3 Å². The lowest BCUT2D eigenvalue weighted by Gasteiger charge is -2.20. The lowest BCUT2D eigenvalue weighted by atomic mass is 9.95. The Morgan fingerprint density at radius 1 is 1.41 bits per heavy atom. The van der Waals surface area contributed by atoms with Gasteiger partial charge in [0.15, 0.2) is 5.78 Å². The van der Waals surface area contributed by atoms with Crippen LogP contribution in [0, 0.1) is 5.92 Å². The van der Waals surface area contributed by atoms with Gasteiger partial charge >= 0.3 is 0 Å². The van der Waals surface area contributed by atoms with Crippen LogP contribution in [-0.4, -0.2) is 25.5 Å². The fraction of sp³-hybridized carbons (Fsp3) is 0.500. The zero-order valence-electron chi connectivity index (χ0n) is 11.0. The Hall–Kier alpha value is -1.35. The molecule has 0 spiro atoms. The Bertz CT molecular complexity index is 374. The third-order valence-corrected chi connectivity index (χ3v) is 2.73. The van der Waals surface area contributed by atoms with Crippen LogP contribution in [0.1, 0.15) is 31.1 Å². The van der Waals surface area contributed by atoms with Gasteiger partial charge in [0.25, 0.3) is 0 Å². The zero-order valence-corrected chi connectivity index (χ0v) is 11.0. The molecule has 3 nitrogen and oxygen atoms in total. The largest absolute Gasteiger partial charge is 0.497 e. The van der Waals surface area contributed by atoms with Crippen molar-refractivity contribution in [1.29, 1.82) is 0 Å². The molecule has 1 aromatic rings. The molecule has 0 bridgehead atoms. The van der Waals surface area contributed by atoms with E-state index in [0.29, 0.717) is 5.56 Å². The molecule has 0 aliphatic carbocycles. The molecule has 1 aromatic carbocycles. The minimum absolute atomic E-state index is 0.126. The van der Waals surface area contributed by atoms with Gasteiger partial charge in [-0.3, -0.25) is 4.79 Å². The molecule has 0 fully saturated rings. The van der Waals surface area contributed by atoms with Gasteiger partial charge in [-0.1, -0.05) is 32.9 Å². The summed E-state index contributed by atoms with van der Waals surface area (Å²) in [5.41, 5.74) is 0.698. The maximum Gasteiger partial charge on any atom is 0.180 e. The smallest absolute Gasteiger partial charge is 0.180 e. The van der Waals surface area contributed by atoms with Crippen LogP contribution in [0.25, 0.3) is 0 Å². The first-order valence-electron chi connectivity index (χ1n) is 6.01. The predicted molar refractivity (Wildman–Crippen MR) is 69.6 cm³/mol. The van der Waals surface area contributed by atoms with E-state index in [1.807, 2.05) is 39.0 Å². The van der Waals surface area contributed by atoms with E-state index in [4.69, 9.17) is 4.74 Å². The number of carbonyl (C=O) groups is 1. The molecular formula is C14H21NO2. The first-order chi connectivity index (χ1) is 8.10. The van der Waals surface area contributed by atoms with Crippen molar-refractivity contribution in [2.45, 2.75) is 26.8 Å². The molecule has 0 radical (unpaired) electrons. The van der Waals surface area contributed by atoms with Crippen molar-refractivity contribution < 1.29 is 9.53 Å². The molecule has 0 aliphatic rings. The maximum atomic E-state index is 12.3. The van der Waals surface area contributed by atoms with Gasteiger partial charge in [0.05, 0.1) is 13.2 Å². The second kappa shape index (κ2) is 6.40. The van der Waals surface area contributed by atoms with E-state index in [0.717, 1.165) is 12.3 Å². The van der Waals surface area contributed by atoms with E-state index in [2.05, 4.69) is 5.32 Å². The molecular weight excluding hydrogens is 214 g/mol. The summed E-state index contributed by atoms with van der Waals surface area (Å²) >= 11 is 0. The third kappa shape index (κ3) is 3.56. The maximum absolute atomic E-state index is 12.3. The summed E-state index contributed by atoms with van der Waals surface area (Å²) in [6, 6.07) is 7.17. The number of ether oxygens (including phenoxy) is 1. The Morgan fingerprint density at radius 2 is 2.12 bits per heavy atom. The third-order valence-electron chi connectivity index (χ3n) is 2.73. The highest BCUT2D eigenvalue weighted by molar-refractivity contribution is 6.00. The molecule has 1 rings (SSSR count). The standard InChI is InChI=1S/C14H21NO2/c1-5-15-13(10(2)3)14(16)11-7-6-8-12(9-11)17-4/h6-10,13,15H,5H2,1-4H3. The highest BCUT2D eigenvalue weighted by atomic mass is 16.5. The minimum atomic E-state index is -0.132. The van der Waals surface area contributed by atoms with Crippen LogP contribution in [0.4, 0.5) is 0 Å². The monoisotopic (exact) mass is 235 g/mol. The van der Waals surface area contributed by atoms with Crippen LogP contribution in [0.2, 0.25) is 0 Å². The van der Waals surface area contributed by atoms with E-state index in [1.54, 1.807) is 13.2 Å². The van der Waals surface area contributed by atoms with Crippen molar-refractivity contribution in [2.75, 3.05) is 13.7 Å². The molecule has 0 amide bonds. The molecule has 0 aromatic heterocycles. The Kier molecular flexibility index (Phi) is 5.16. The number of nitrogens with one attached hydrogen (secondary N) is 1. The summed E-state index contributed by atoms with van der Waals surface area (Å²) < 4.78 is 5.13. The van der Waals surface area contributed by atoms with Crippen molar-refractivity contribution in [3.63, 3.8) is 0 Å². The lowest BCUT2D eigenvalue weighted by molar-refractivity contribution is 0.0918. The number of benzene rings is 1. The zero-order chi connectivity index (χ0) is 12.8. The van der Waals surface area contributed by atoms with Crippen molar-refractivity contribution in [1.82, 2.24) is 5.32 Å². The van der Waals surface area contributed by atoms with Gasteiger partial charge in [0.2, 0.25) is 0 Å². The fourth-order valence-corrected chi connectivity index (χ4v) is 1.81. The average Bonchev–Trinajstić information content (AvgIpc) is 2.34. The molecule has 1 N–H and O–H groups in total. The fourth-order valence-electron chi connectivity index (χ4n) is 1.81. The molecule has 0 saturated carbocycles. The van der Waals surface area contributed by atoms with Crippen LogP contribution >= 0.6 is 0 Å². The van der Waals surface area contributed by atoms with Gasteiger partial charge in [-0.05, 0) is 24.6 Å². The molecule has 0 saturated heterocycles. The predicted octanol–water partition coefficient (Wildman–Crippen LogP) is 2.51. The summed E-state index contributed by atoms with van der Waals surface area (Å²) in [4.78, 5) is 12.3. The number of likely N-dealkylation sites (N-methyl/N-ethyl adjacent to an activating group) is 1. The van der Waals surface area contributed by atoms with Gasteiger partial charge in [-0.2, -0.15) is 0 Å². The topological polar surface area (TPSA) is 38.3 Å². The van der Waals surface area contributed by atoms with Gasteiger partial charge in [-0.25, -0.2) is 0 Å². The molecule has 1 unspecified atom stereocenters. The minimum Gasteiger partial charge on any atom is -0.497 e. The summed E-state index contributed by atoms with van der Waals surface area (Å²) in [5.74, 6) is 1.12. The molecule has 3 heteroatoms. The number of hydrogen-bond donors (Lipinski definition) is 1. The van der Waals surface area contributed by atoms with E-state index < -0.39 is 0 Å². The van der Waals surface area contributed by atoms with E-state index >= 15 is 0 Å². The van der Waals surface area contributed by atoms with E-state index in [1.165, 1.54) is 0 Å². The molecule has 1 atom stereocenters. The van der Waals surface area contributed by atoms with Crippen LogP contribution in [-0.2, 0) is 0 Å². The number of ketones is 1. The van der Waals surface area contributed by atoms with Gasteiger partial charge in [0, 0.05) is 5.56 Å². The quantitative estimate of drug-likeness (QED) is 0.770. The normalized spacial score (nSPS) is 12.5. The van der Waals surface area contributed by atoms with Crippen molar-refractivity contribution in [3.8, 4) is 5.75 Å². The molecule has 0 aliphatic heterocycles. The number of rotatable bonds is 6. The number of carbonyl (C=O) groups excluding carboxylic acids is 1. The van der Waals surface area contributed by atoms with Crippen LogP contribution in [0.5, 0.6) is 5.75 Å². The summed E-state index contributed by atoms with van der Waals surface area (Å²) in [6.07, 6.45) is 0. The summed E-state index contributed by atoms with van der Waals surface area (Å²) in [5, 5.41) is 3.23. The van der Waals surface area contributed by atoms with E-state index in [9.17, 15) is 4.79 Å². The second-order valence-corrected chi connectivity index (χ2v) is 4.38. The Balaban J connectivity index is 2.92. The van der Waals surface area contributed by atoms with E-state index in [-0.39, 0.29) is 17.7 Å². The summed E-state index contributed by atoms with van der Waals surface area (Å²) in [7, 11) is 1.60. The highest BCUT2D eigenvalue weighted by Crippen LogP contribution is 2.16. The highest BCUT2D eigenvalue weighted by Gasteiger charge is 2.22. The van der Waals surface area contributed by atoms with Crippen LogP contribution < -0.4 is 10.1 Å². The molecule has 0 heterocycles. The Labute approximate surface area is 103 Å². The number of methoxy groups -OCH3 is 1. The molecule has 17 heavy (non-hydrogen) atoms. The average molecular weight is 235 g/mol. The van der Waals surface area contributed by atoms with Gasteiger partial charge < -0.3 is 10.1 Å². The second-order valence-electron chi connectivity index (χ2n) is 4.38. The summed E-state index contributed by atoms with van der Waals surface area (Å²) in [6.45, 7) is 6.89. The number of Topliss-reactive ketones (excluding diaryl/α,β-unsaturated/α-hetero) is 1. The number of hydrogen-bond acceptors (Lipinski definition) is 3. The Morgan fingerprint density at radius 3 is 2.65 bits per heavy atom. The first-order valence-corrected chi connectivity index (χ1v) is 6.01. The first kappa shape index (κ1) is 13.7. The van der Waals surface area contributed by atoms with Gasteiger partial charge in [0.1, 0.15) is 5.75 Å². The van der Waals surface area contributed by atoms with Gasteiger partial charge in [-0.15, -0.1) is 0 Å². The molecule has 94 valence electrons. The SMILES string of the molecule is CCNC(C(=O)c1cccc(OC)c1)C(C)C. The van der Waals surface area contributed by atoms with Crippen molar-refractivity contribution in [3.05, 3.63) is 29.8 Å². The van der Waals surface area contributed by atoms with Crippen molar-refractivity contribution in [2.24, 2.45) is 5.92 Å². The lowest BCUT2D eigenvalue weighted by Crippen LogP contribution is -2.40.